The standard InChI is InChI=1S/C25H41FNO5P/c1-2-3-4-5-6-7-8-9-10-11-12-13-14-15-16-20-30-33(28,29)32-31-25(22-27)23-18-17-19-24(26)21-23/h17-19,21,25H,2-16,20H2,1H3,(H,28,29). The minimum Gasteiger partial charge on any atom is -0.301 e. The van der Waals surface area contributed by atoms with Gasteiger partial charge in [-0.15, -0.1) is 4.67 Å². The van der Waals surface area contributed by atoms with E-state index in [4.69, 9.17) is 14.7 Å². The van der Waals surface area contributed by atoms with Crippen LogP contribution in [0.2, 0.25) is 0 Å². The Balaban J connectivity index is 1.98. The Bertz CT molecular complexity index is 712. The van der Waals surface area contributed by atoms with Gasteiger partial charge in [-0.05, 0) is 18.6 Å². The van der Waals surface area contributed by atoms with E-state index in [-0.39, 0.29) is 12.2 Å². The van der Waals surface area contributed by atoms with Crippen LogP contribution in [0.25, 0.3) is 0 Å². The first-order valence-electron chi connectivity index (χ1n) is 12.5. The maximum atomic E-state index is 13.2. The molecule has 0 radical (unpaired) electrons. The monoisotopic (exact) mass is 485 g/mol. The van der Waals surface area contributed by atoms with Gasteiger partial charge in [0.2, 0.25) is 6.10 Å². The van der Waals surface area contributed by atoms with Gasteiger partial charge in [-0.1, -0.05) is 109 Å². The van der Waals surface area contributed by atoms with E-state index in [1.807, 2.05) is 0 Å². The Hall–Kier alpha value is -1.29. The Morgan fingerprint density at radius 2 is 1.45 bits per heavy atom. The molecule has 1 aromatic rings. The number of rotatable bonds is 21. The molecule has 2 unspecified atom stereocenters. The van der Waals surface area contributed by atoms with Gasteiger partial charge in [0.25, 0.3) is 0 Å². The second-order valence-electron chi connectivity index (χ2n) is 8.49. The van der Waals surface area contributed by atoms with Gasteiger partial charge >= 0.3 is 7.82 Å². The Labute approximate surface area is 199 Å². The predicted molar refractivity (Wildman–Crippen MR) is 128 cm³/mol. The number of benzene rings is 1. The van der Waals surface area contributed by atoms with Gasteiger partial charge < -0.3 is 4.89 Å². The number of phosphoric acid groups is 1. The van der Waals surface area contributed by atoms with Crippen LogP contribution >= 0.6 is 7.82 Å². The van der Waals surface area contributed by atoms with Gasteiger partial charge in [-0.3, -0.25) is 4.52 Å². The van der Waals surface area contributed by atoms with Crippen molar-refractivity contribution in [3.63, 3.8) is 0 Å². The molecule has 0 saturated heterocycles. The summed E-state index contributed by atoms with van der Waals surface area (Å²) in [6, 6.07) is 6.92. The van der Waals surface area contributed by atoms with Gasteiger partial charge in [0.15, 0.2) is 0 Å². The van der Waals surface area contributed by atoms with Crippen LogP contribution in [-0.4, -0.2) is 11.5 Å². The van der Waals surface area contributed by atoms with E-state index in [0.717, 1.165) is 25.3 Å². The summed E-state index contributed by atoms with van der Waals surface area (Å²) in [5.74, 6) is -0.548. The molecule has 8 heteroatoms. The fourth-order valence-electron chi connectivity index (χ4n) is 3.59. The topological polar surface area (TPSA) is 88.8 Å². The molecule has 188 valence electrons. The van der Waals surface area contributed by atoms with Crippen LogP contribution in [0, 0.1) is 17.1 Å². The molecule has 0 aliphatic rings. The number of halogens is 1. The van der Waals surface area contributed by atoms with Gasteiger partial charge in [0, 0.05) is 5.56 Å². The zero-order valence-electron chi connectivity index (χ0n) is 20.1. The van der Waals surface area contributed by atoms with Crippen molar-refractivity contribution in [1.82, 2.24) is 0 Å². The number of nitrogens with zero attached hydrogens (tertiary/aromatic N) is 1. The molecule has 0 spiro atoms. The second kappa shape index (κ2) is 19.1. The summed E-state index contributed by atoms with van der Waals surface area (Å²) < 4.78 is 34.5. The van der Waals surface area contributed by atoms with Crippen molar-refractivity contribution in [2.45, 2.75) is 109 Å². The summed E-state index contributed by atoms with van der Waals surface area (Å²) in [5, 5.41) is 9.10. The van der Waals surface area contributed by atoms with E-state index in [0.29, 0.717) is 6.42 Å². The Kier molecular flexibility index (Phi) is 17.2. The number of hydrogen-bond donors (Lipinski definition) is 1. The molecule has 1 N–H and O–H groups in total. The van der Waals surface area contributed by atoms with Crippen LogP contribution in [0.4, 0.5) is 4.39 Å². The first-order valence-corrected chi connectivity index (χ1v) is 14.0. The summed E-state index contributed by atoms with van der Waals surface area (Å²) in [7, 11) is -4.45. The average molecular weight is 486 g/mol. The van der Waals surface area contributed by atoms with Crippen molar-refractivity contribution >= 4 is 7.82 Å². The lowest BCUT2D eigenvalue weighted by Crippen LogP contribution is -2.04. The highest BCUT2D eigenvalue weighted by molar-refractivity contribution is 7.47. The zero-order chi connectivity index (χ0) is 24.2. The van der Waals surface area contributed by atoms with E-state index < -0.39 is 19.7 Å². The van der Waals surface area contributed by atoms with E-state index in [9.17, 15) is 13.8 Å². The lowest BCUT2D eigenvalue weighted by atomic mass is 10.0. The molecule has 0 heterocycles. The van der Waals surface area contributed by atoms with Gasteiger partial charge in [0.05, 0.1) is 6.61 Å². The molecule has 0 bridgehead atoms. The van der Waals surface area contributed by atoms with Crippen molar-refractivity contribution in [2.24, 2.45) is 0 Å². The van der Waals surface area contributed by atoms with E-state index >= 15 is 0 Å². The van der Waals surface area contributed by atoms with Crippen LogP contribution < -0.4 is 0 Å². The third-order valence-electron chi connectivity index (χ3n) is 5.50. The molecule has 1 rings (SSSR count). The van der Waals surface area contributed by atoms with Crippen LogP contribution in [0.15, 0.2) is 24.3 Å². The molecule has 1 aromatic carbocycles. The normalized spacial score (nSPS) is 14.0. The summed E-state index contributed by atoms with van der Waals surface area (Å²) in [5.41, 5.74) is 0.180. The minimum atomic E-state index is -4.45. The highest BCUT2D eigenvalue weighted by Gasteiger charge is 2.25. The van der Waals surface area contributed by atoms with E-state index in [2.05, 4.69) is 11.6 Å². The summed E-state index contributed by atoms with van der Waals surface area (Å²) in [4.78, 5) is 14.4. The van der Waals surface area contributed by atoms with Gasteiger partial charge in [-0.2, -0.15) is 5.26 Å². The molecule has 0 aromatic heterocycles. The largest absolute Gasteiger partial charge is 0.499 e. The SMILES string of the molecule is CCCCCCCCCCCCCCCCCOP(=O)(O)OOC(C#N)c1cccc(F)c1. The van der Waals surface area contributed by atoms with Crippen molar-refractivity contribution in [3.8, 4) is 6.07 Å². The van der Waals surface area contributed by atoms with Crippen LogP contribution in [0.3, 0.4) is 0 Å². The molecule has 0 fully saturated rings. The maximum Gasteiger partial charge on any atom is 0.499 e. The van der Waals surface area contributed by atoms with E-state index in [1.54, 1.807) is 6.07 Å². The zero-order valence-corrected chi connectivity index (χ0v) is 20.9. The molecule has 0 amide bonds. The smallest absolute Gasteiger partial charge is 0.301 e. The first kappa shape index (κ1) is 29.7. The van der Waals surface area contributed by atoms with Crippen LogP contribution in [0.5, 0.6) is 0 Å². The quantitative estimate of drug-likeness (QED) is 0.0815. The summed E-state index contributed by atoms with van der Waals surface area (Å²) in [6.45, 7) is 2.31. The first-order chi connectivity index (χ1) is 16.0. The minimum absolute atomic E-state index is 0.0621. The van der Waals surface area contributed by atoms with Crippen molar-refractivity contribution in [3.05, 3.63) is 35.6 Å². The number of unbranched alkanes of at least 4 members (excludes halogenated alkanes) is 14. The molecular formula is C25H41FNO5P. The third kappa shape index (κ3) is 16.1. The van der Waals surface area contributed by atoms with Crippen LogP contribution in [0.1, 0.15) is 115 Å². The third-order valence-corrected chi connectivity index (χ3v) is 6.29. The molecule has 6 nitrogen and oxygen atoms in total. The number of nitriles is 1. The highest BCUT2D eigenvalue weighted by atomic mass is 31.2. The molecule has 2 atom stereocenters. The lowest BCUT2D eigenvalue weighted by molar-refractivity contribution is -0.247. The molecule has 0 aliphatic carbocycles. The van der Waals surface area contributed by atoms with E-state index in [1.165, 1.54) is 88.8 Å². The van der Waals surface area contributed by atoms with Crippen LogP contribution in [-0.2, 0) is 18.7 Å². The average Bonchev–Trinajstić information content (AvgIpc) is 2.79. The maximum absolute atomic E-state index is 13.2. The molecule has 33 heavy (non-hydrogen) atoms. The molecule has 0 aliphatic heterocycles. The molecular weight excluding hydrogens is 444 g/mol. The fourth-order valence-corrected chi connectivity index (χ4v) is 4.19. The van der Waals surface area contributed by atoms with Crippen molar-refractivity contribution in [1.29, 1.82) is 5.26 Å². The number of hydrogen-bond acceptors (Lipinski definition) is 5. The fraction of sp³-hybridized carbons (Fsp3) is 0.720. The Morgan fingerprint density at radius 1 is 0.939 bits per heavy atom. The van der Waals surface area contributed by atoms with Gasteiger partial charge in [0.1, 0.15) is 11.9 Å². The number of phosphoric ester groups is 1. The predicted octanol–water partition coefficient (Wildman–Crippen LogP) is 8.33. The Morgan fingerprint density at radius 3 is 1.94 bits per heavy atom. The van der Waals surface area contributed by atoms with Gasteiger partial charge in [-0.25, -0.2) is 13.8 Å². The summed E-state index contributed by atoms with van der Waals surface area (Å²) in [6.07, 6.45) is 17.1. The lowest BCUT2D eigenvalue weighted by Gasteiger charge is -2.14. The molecule has 0 saturated carbocycles. The second-order valence-corrected chi connectivity index (χ2v) is 9.83. The van der Waals surface area contributed by atoms with Crippen molar-refractivity contribution < 1.29 is 27.9 Å². The highest BCUT2D eigenvalue weighted by Crippen LogP contribution is 2.45. The van der Waals surface area contributed by atoms with Crippen molar-refractivity contribution in [2.75, 3.05) is 6.61 Å². The summed E-state index contributed by atoms with van der Waals surface area (Å²) >= 11 is 0.